The molecule has 2 rings (SSSR count). The van der Waals surface area contributed by atoms with Crippen molar-refractivity contribution in [2.75, 3.05) is 31.1 Å². The third kappa shape index (κ3) is 3.71. The van der Waals surface area contributed by atoms with E-state index in [9.17, 15) is 0 Å². The molecule has 0 saturated carbocycles. The van der Waals surface area contributed by atoms with Crippen molar-refractivity contribution in [3.8, 4) is 0 Å². The van der Waals surface area contributed by atoms with Crippen LogP contribution in [-0.4, -0.2) is 32.3 Å². The normalized spacial score (nSPS) is 16.9. The fourth-order valence-corrected chi connectivity index (χ4v) is 2.83. The van der Waals surface area contributed by atoms with Crippen LogP contribution in [0.25, 0.3) is 0 Å². The summed E-state index contributed by atoms with van der Waals surface area (Å²) in [5.74, 6) is 0. The number of benzene rings is 1. The van der Waals surface area contributed by atoms with Crippen molar-refractivity contribution in [3.63, 3.8) is 0 Å². The number of hydrogen-bond donors (Lipinski definition) is 1. The fraction of sp³-hybridized carbons (Fsp3) is 0.625. The second-order valence-electron chi connectivity index (χ2n) is 5.29. The number of aryl methyl sites for hydroxylation is 1. The second-order valence-corrected chi connectivity index (χ2v) is 5.29. The average Bonchev–Trinajstić information content (AvgIpc) is 2.43. The zero-order valence-electron chi connectivity index (χ0n) is 12.2. The summed E-state index contributed by atoms with van der Waals surface area (Å²) in [6.45, 7) is 8.01. The van der Waals surface area contributed by atoms with E-state index in [4.69, 9.17) is 10.5 Å². The third-order valence-corrected chi connectivity index (χ3v) is 3.95. The summed E-state index contributed by atoms with van der Waals surface area (Å²) in [5.41, 5.74) is 9.70. The number of anilines is 1. The van der Waals surface area contributed by atoms with Gasteiger partial charge in [0.15, 0.2) is 0 Å². The van der Waals surface area contributed by atoms with Crippen LogP contribution < -0.4 is 10.6 Å². The number of nitrogens with two attached hydrogens (primary N) is 1. The smallest absolute Gasteiger partial charge is 0.0608 e. The maximum absolute atomic E-state index is 5.70. The zero-order chi connectivity index (χ0) is 13.7. The van der Waals surface area contributed by atoms with Gasteiger partial charge in [-0.15, -0.1) is 0 Å². The van der Waals surface area contributed by atoms with Gasteiger partial charge in [-0.3, -0.25) is 0 Å². The van der Waals surface area contributed by atoms with E-state index in [-0.39, 0.29) is 0 Å². The molecule has 0 aromatic heterocycles. The highest BCUT2D eigenvalue weighted by atomic mass is 16.5. The van der Waals surface area contributed by atoms with E-state index >= 15 is 0 Å². The molecule has 0 aliphatic carbocycles. The predicted molar refractivity (Wildman–Crippen MR) is 80.8 cm³/mol. The maximum Gasteiger partial charge on any atom is 0.0608 e. The van der Waals surface area contributed by atoms with Crippen LogP contribution in [-0.2, 0) is 11.2 Å². The average molecular weight is 262 g/mol. The first-order valence-electron chi connectivity index (χ1n) is 7.40. The monoisotopic (exact) mass is 262 g/mol. The lowest BCUT2D eigenvalue weighted by Crippen LogP contribution is -2.37. The highest BCUT2D eigenvalue weighted by Crippen LogP contribution is 2.24. The first-order chi connectivity index (χ1) is 9.24. The summed E-state index contributed by atoms with van der Waals surface area (Å²) in [6.07, 6.45) is 3.70. The number of hydrogen-bond acceptors (Lipinski definition) is 3. The van der Waals surface area contributed by atoms with E-state index < -0.39 is 0 Å². The molecule has 1 aromatic rings. The molecular formula is C16H26N2O. The lowest BCUT2D eigenvalue weighted by molar-refractivity contribution is 0.0459. The van der Waals surface area contributed by atoms with Gasteiger partial charge in [0.2, 0.25) is 0 Å². The van der Waals surface area contributed by atoms with Gasteiger partial charge in [-0.2, -0.15) is 0 Å². The summed E-state index contributed by atoms with van der Waals surface area (Å²) in [5, 5.41) is 0. The second kappa shape index (κ2) is 6.92. The van der Waals surface area contributed by atoms with Crippen molar-refractivity contribution in [1.82, 2.24) is 0 Å². The first-order valence-corrected chi connectivity index (χ1v) is 7.40. The molecule has 1 aliphatic rings. The van der Waals surface area contributed by atoms with Gasteiger partial charge in [-0.1, -0.05) is 6.07 Å². The lowest BCUT2D eigenvalue weighted by atomic mass is 10.0. The van der Waals surface area contributed by atoms with Crippen molar-refractivity contribution in [3.05, 3.63) is 29.3 Å². The molecule has 19 heavy (non-hydrogen) atoms. The highest BCUT2D eigenvalue weighted by Gasteiger charge is 2.19. The van der Waals surface area contributed by atoms with E-state index in [2.05, 4.69) is 36.9 Å². The van der Waals surface area contributed by atoms with Gasteiger partial charge >= 0.3 is 0 Å². The third-order valence-electron chi connectivity index (χ3n) is 3.95. The molecule has 0 amide bonds. The molecule has 0 radical (unpaired) electrons. The Morgan fingerprint density at radius 1 is 1.32 bits per heavy atom. The minimum atomic E-state index is 0.457. The van der Waals surface area contributed by atoms with Gasteiger partial charge < -0.3 is 15.4 Å². The van der Waals surface area contributed by atoms with Crippen LogP contribution in [0.1, 0.15) is 30.9 Å². The molecule has 1 saturated heterocycles. The molecule has 0 atom stereocenters. The number of piperidine rings is 1. The number of nitrogens with zero attached hydrogens (tertiary/aromatic N) is 1. The van der Waals surface area contributed by atoms with Crippen LogP contribution in [0.4, 0.5) is 5.69 Å². The van der Waals surface area contributed by atoms with Gasteiger partial charge in [0.1, 0.15) is 0 Å². The molecule has 106 valence electrons. The minimum Gasteiger partial charge on any atom is -0.378 e. The standard InChI is InChI=1S/C16H26N2O/c1-3-19-16-7-10-18(11-8-16)15-5-4-14(6-9-17)13(2)12-15/h4-5,12,16H,3,6-11,17H2,1-2H3. The quantitative estimate of drug-likeness (QED) is 0.886. The van der Waals surface area contributed by atoms with Crippen LogP contribution in [0.2, 0.25) is 0 Å². The number of rotatable bonds is 5. The summed E-state index contributed by atoms with van der Waals surface area (Å²) in [7, 11) is 0. The van der Waals surface area contributed by atoms with Gasteiger partial charge in [-0.25, -0.2) is 0 Å². The first kappa shape index (κ1) is 14.4. The van der Waals surface area contributed by atoms with Crippen LogP contribution in [0.5, 0.6) is 0 Å². The Kier molecular flexibility index (Phi) is 5.23. The van der Waals surface area contributed by atoms with Crippen LogP contribution in [0, 0.1) is 6.92 Å². The maximum atomic E-state index is 5.70. The molecule has 1 aliphatic heterocycles. The minimum absolute atomic E-state index is 0.457. The van der Waals surface area contributed by atoms with Crippen LogP contribution in [0.3, 0.4) is 0 Å². The molecule has 1 fully saturated rings. The summed E-state index contributed by atoms with van der Waals surface area (Å²) in [6, 6.07) is 6.76. The Bertz CT molecular complexity index is 398. The molecule has 2 N–H and O–H groups in total. The van der Waals surface area contributed by atoms with Crippen molar-refractivity contribution in [2.45, 2.75) is 39.2 Å². The molecule has 0 bridgehead atoms. The van der Waals surface area contributed by atoms with Crippen molar-refractivity contribution >= 4 is 5.69 Å². The van der Waals surface area contributed by atoms with Gasteiger partial charge in [0.05, 0.1) is 6.10 Å². The van der Waals surface area contributed by atoms with Crippen LogP contribution >= 0.6 is 0 Å². The number of ether oxygens (including phenoxy) is 1. The van der Waals surface area contributed by atoms with E-state index in [0.717, 1.165) is 45.5 Å². The molecule has 1 aromatic carbocycles. The van der Waals surface area contributed by atoms with E-state index in [0.29, 0.717) is 6.10 Å². The Morgan fingerprint density at radius 3 is 2.63 bits per heavy atom. The summed E-state index contributed by atoms with van der Waals surface area (Å²) >= 11 is 0. The Labute approximate surface area is 116 Å². The lowest BCUT2D eigenvalue weighted by Gasteiger charge is -2.33. The molecule has 1 heterocycles. The Morgan fingerprint density at radius 2 is 2.05 bits per heavy atom. The highest BCUT2D eigenvalue weighted by molar-refractivity contribution is 5.51. The SMILES string of the molecule is CCOC1CCN(c2ccc(CCN)c(C)c2)CC1. The molecule has 3 nitrogen and oxygen atoms in total. The molecule has 0 spiro atoms. The van der Waals surface area contributed by atoms with Crippen molar-refractivity contribution < 1.29 is 4.74 Å². The Hall–Kier alpha value is -1.06. The Balaban J connectivity index is 1.97. The van der Waals surface area contributed by atoms with Gasteiger partial charge in [0, 0.05) is 25.4 Å². The summed E-state index contributed by atoms with van der Waals surface area (Å²) in [4.78, 5) is 2.47. The molecule has 0 unspecified atom stereocenters. The summed E-state index contributed by atoms with van der Waals surface area (Å²) < 4.78 is 5.70. The molecule has 3 heteroatoms. The van der Waals surface area contributed by atoms with Crippen molar-refractivity contribution in [1.29, 1.82) is 0 Å². The fourth-order valence-electron chi connectivity index (χ4n) is 2.83. The van der Waals surface area contributed by atoms with Crippen LogP contribution in [0.15, 0.2) is 18.2 Å². The zero-order valence-corrected chi connectivity index (χ0v) is 12.2. The largest absolute Gasteiger partial charge is 0.378 e. The molecular weight excluding hydrogens is 236 g/mol. The topological polar surface area (TPSA) is 38.5 Å². The van der Waals surface area contributed by atoms with Crippen molar-refractivity contribution in [2.24, 2.45) is 5.73 Å². The van der Waals surface area contributed by atoms with E-state index in [1.807, 2.05) is 0 Å². The van der Waals surface area contributed by atoms with E-state index in [1.165, 1.54) is 16.8 Å². The van der Waals surface area contributed by atoms with Gasteiger partial charge in [0.25, 0.3) is 0 Å². The predicted octanol–water partition coefficient (Wildman–Crippen LogP) is 2.50. The van der Waals surface area contributed by atoms with Gasteiger partial charge in [-0.05, 0) is 62.9 Å². The van der Waals surface area contributed by atoms with E-state index in [1.54, 1.807) is 0 Å².